The van der Waals surface area contributed by atoms with E-state index in [1.807, 2.05) is 39.0 Å². The maximum atomic E-state index is 13.5. The highest BCUT2D eigenvalue weighted by atomic mass is 79.9. The van der Waals surface area contributed by atoms with Crippen molar-refractivity contribution in [3.63, 3.8) is 0 Å². The Kier molecular flexibility index (Phi) is 4.89. The average Bonchev–Trinajstić information content (AvgIpc) is 3.04. The van der Waals surface area contributed by atoms with Crippen molar-refractivity contribution in [1.82, 2.24) is 9.97 Å². The van der Waals surface area contributed by atoms with Gasteiger partial charge in [-0.3, -0.25) is 0 Å². The fraction of sp³-hybridized carbons (Fsp3) is 0.182. The molecule has 2 heterocycles. The molecule has 0 saturated carbocycles. The third kappa shape index (κ3) is 3.64. The first-order chi connectivity index (χ1) is 13.4. The number of hydrogen-bond acceptors (Lipinski definition) is 4. The van der Waals surface area contributed by atoms with E-state index < -0.39 is 0 Å². The summed E-state index contributed by atoms with van der Waals surface area (Å²) in [5.74, 6) is 1.12. The third-order valence-electron chi connectivity index (χ3n) is 4.71. The first kappa shape index (κ1) is 18.6. The molecule has 0 aliphatic heterocycles. The number of halogens is 2. The normalized spacial score (nSPS) is 12.3. The number of anilines is 1. The zero-order valence-electron chi connectivity index (χ0n) is 15.8. The fourth-order valence-electron chi connectivity index (χ4n) is 3.19. The van der Waals surface area contributed by atoms with Crippen molar-refractivity contribution in [3.05, 3.63) is 76.0 Å². The topological polar surface area (TPSA) is 51.0 Å². The molecule has 0 radical (unpaired) electrons. The summed E-state index contributed by atoms with van der Waals surface area (Å²) < 4.78 is 19.5. The van der Waals surface area contributed by atoms with Gasteiger partial charge in [0.15, 0.2) is 0 Å². The number of aryl methyl sites for hydroxylation is 2. The van der Waals surface area contributed by atoms with Crippen LogP contribution in [0.4, 0.5) is 10.2 Å². The minimum absolute atomic E-state index is 0.0438. The van der Waals surface area contributed by atoms with Gasteiger partial charge in [0.25, 0.3) is 0 Å². The molecular formula is C22H19BrFN3O. The lowest BCUT2D eigenvalue weighted by Gasteiger charge is -2.16. The van der Waals surface area contributed by atoms with Crippen molar-refractivity contribution in [1.29, 1.82) is 0 Å². The zero-order valence-corrected chi connectivity index (χ0v) is 17.3. The molecule has 0 aliphatic rings. The Morgan fingerprint density at radius 1 is 1.07 bits per heavy atom. The van der Waals surface area contributed by atoms with Crippen LogP contribution in [0.15, 0.2) is 57.6 Å². The minimum Gasteiger partial charge on any atom is -0.464 e. The van der Waals surface area contributed by atoms with Crippen molar-refractivity contribution in [2.45, 2.75) is 26.8 Å². The second kappa shape index (κ2) is 7.36. The lowest BCUT2D eigenvalue weighted by Crippen LogP contribution is -2.09. The Morgan fingerprint density at radius 3 is 2.68 bits per heavy atom. The van der Waals surface area contributed by atoms with Gasteiger partial charge in [-0.05, 0) is 78.2 Å². The number of rotatable bonds is 4. The summed E-state index contributed by atoms with van der Waals surface area (Å²) in [5.41, 5.74) is 4.76. The molecule has 4 rings (SSSR count). The van der Waals surface area contributed by atoms with E-state index in [0.717, 1.165) is 39.2 Å². The quantitative estimate of drug-likeness (QED) is 0.390. The summed E-state index contributed by atoms with van der Waals surface area (Å²) >= 11 is 3.24. The summed E-state index contributed by atoms with van der Waals surface area (Å²) in [5, 5.41) is 4.46. The lowest BCUT2D eigenvalue weighted by molar-refractivity contribution is 0.613. The maximum absolute atomic E-state index is 13.5. The van der Waals surface area contributed by atoms with Crippen molar-refractivity contribution in [2.24, 2.45) is 0 Å². The van der Waals surface area contributed by atoms with E-state index in [-0.39, 0.29) is 11.9 Å². The molecule has 1 atom stereocenters. The van der Waals surface area contributed by atoms with Gasteiger partial charge in [-0.15, -0.1) is 0 Å². The van der Waals surface area contributed by atoms with E-state index in [1.165, 1.54) is 6.07 Å². The average molecular weight is 440 g/mol. The molecule has 0 bridgehead atoms. The fourth-order valence-corrected chi connectivity index (χ4v) is 3.59. The van der Waals surface area contributed by atoms with Crippen LogP contribution in [0.25, 0.3) is 22.2 Å². The summed E-state index contributed by atoms with van der Waals surface area (Å²) in [7, 11) is 0. The van der Waals surface area contributed by atoms with Gasteiger partial charge in [0, 0.05) is 23.1 Å². The third-order valence-corrected chi connectivity index (χ3v) is 5.32. The highest BCUT2D eigenvalue weighted by molar-refractivity contribution is 9.10. The number of furan rings is 1. The molecule has 4 aromatic rings. The van der Waals surface area contributed by atoms with Crippen molar-refractivity contribution in [2.75, 3.05) is 5.32 Å². The molecule has 4 nitrogen and oxygen atoms in total. The molecule has 2 aromatic heterocycles. The van der Waals surface area contributed by atoms with Crippen molar-refractivity contribution < 1.29 is 8.81 Å². The molecule has 2 aromatic carbocycles. The van der Waals surface area contributed by atoms with Crippen LogP contribution >= 0.6 is 15.9 Å². The van der Waals surface area contributed by atoms with Gasteiger partial charge in [-0.25, -0.2) is 14.4 Å². The molecular weight excluding hydrogens is 421 g/mol. The number of nitrogens with zero attached hydrogens (tertiary/aromatic N) is 2. The SMILES string of the molecule is Cc1nc(NC(C)c2ccc(F)c(Br)c2)cc(-c2ccc3occ(C)c3c2)n1. The Hall–Kier alpha value is -2.73. The minimum atomic E-state index is -0.277. The molecule has 0 saturated heterocycles. The Balaban J connectivity index is 1.66. The van der Waals surface area contributed by atoms with Crippen LogP contribution < -0.4 is 5.32 Å². The summed E-state index contributed by atoms with van der Waals surface area (Å²) in [6.07, 6.45) is 1.76. The molecule has 1 unspecified atom stereocenters. The largest absolute Gasteiger partial charge is 0.464 e. The van der Waals surface area contributed by atoms with Gasteiger partial charge >= 0.3 is 0 Å². The van der Waals surface area contributed by atoms with E-state index in [2.05, 4.69) is 37.3 Å². The smallest absolute Gasteiger partial charge is 0.137 e. The number of benzene rings is 2. The van der Waals surface area contributed by atoms with Crippen LogP contribution in [0.1, 0.15) is 29.9 Å². The van der Waals surface area contributed by atoms with Gasteiger partial charge < -0.3 is 9.73 Å². The first-order valence-electron chi connectivity index (χ1n) is 8.96. The summed E-state index contributed by atoms with van der Waals surface area (Å²) in [4.78, 5) is 9.10. The van der Waals surface area contributed by atoms with Crippen LogP contribution in [0, 0.1) is 19.7 Å². The Morgan fingerprint density at radius 2 is 1.89 bits per heavy atom. The van der Waals surface area contributed by atoms with Gasteiger partial charge in [-0.2, -0.15) is 0 Å². The van der Waals surface area contributed by atoms with Crippen LogP contribution in [-0.4, -0.2) is 9.97 Å². The van der Waals surface area contributed by atoms with E-state index in [9.17, 15) is 4.39 Å². The van der Waals surface area contributed by atoms with Crippen LogP contribution in [0.2, 0.25) is 0 Å². The van der Waals surface area contributed by atoms with E-state index in [0.29, 0.717) is 10.3 Å². The molecule has 1 N–H and O–H groups in total. The molecule has 28 heavy (non-hydrogen) atoms. The number of fused-ring (bicyclic) bond motifs is 1. The van der Waals surface area contributed by atoms with Gasteiger partial charge in [0.2, 0.25) is 0 Å². The Bertz CT molecular complexity index is 1170. The number of nitrogens with one attached hydrogen (secondary N) is 1. The molecule has 6 heteroatoms. The van der Waals surface area contributed by atoms with E-state index in [1.54, 1.807) is 18.4 Å². The van der Waals surface area contributed by atoms with Crippen molar-refractivity contribution >= 4 is 32.7 Å². The second-order valence-electron chi connectivity index (χ2n) is 6.85. The van der Waals surface area contributed by atoms with Gasteiger partial charge in [-0.1, -0.05) is 6.07 Å². The maximum Gasteiger partial charge on any atom is 0.137 e. The van der Waals surface area contributed by atoms with Crippen LogP contribution in [0.5, 0.6) is 0 Å². The second-order valence-corrected chi connectivity index (χ2v) is 7.71. The lowest BCUT2D eigenvalue weighted by atomic mass is 10.1. The molecule has 0 spiro atoms. The monoisotopic (exact) mass is 439 g/mol. The predicted molar refractivity (Wildman–Crippen MR) is 113 cm³/mol. The number of hydrogen-bond donors (Lipinski definition) is 1. The highest BCUT2D eigenvalue weighted by Crippen LogP contribution is 2.29. The van der Waals surface area contributed by atoms with Crippen LogP contribution in [0.3, 0.4) is 0 Å². The molecule has 142 valence electrons. The standard InChI is InChI=1S/C22H19BrFN3O/c1-12-11-28-21-7-5-16(8-17(12)21)20-10-22(27-14(3)26-20)25-13(2)15-4-6-19(24)18(23)9-15/h4-11,13H,1-3H3,(H,25,26,27). The van der Waals surface area contributed by atoms with E-state index in [4.69, 9.17) is 4.42 Å². The number of aromatic nitrogens is 2. The van der Waals surface area contributed by atoms with Gasteiger partial charge in [0.05, 0.1) is 16.4 Å². The van der Waals surface area contributed by atoms with Crippen molar-refractivity contribution in [3.8, 4) is 11.3 Å². The molecule has 0 fully saturated rings. The summed E-state index contributed by atoms with van der Waals surface area (Å²) in [6.45, 7) is 5.91. The zero-order chi connectivity index (χ0) is 19.8. The highest BCUT2D eigenvalue weighted by Gasteiger charge is 2.12. The molecule has 0 aliphatic carbocycles. The van der Waals surface area contributed by atoms with Crippen LogP contribution in [-0.2, 0) is 0 Å². The predicted octanol–water partition coefficient (Wildman–Crippen LogP) is 6.58. The molecule has 0 amide bonds. The van der Waals surface area contributed by atoms with E-state index >= 15 is 0 Å². The Labute approximate surface area is 171 Å². The van der Waals surface area contributed by atoms with Gasteiger partial charge in [0.1, 0.15) is 23.0 Å². The summed E-state index contributed by atoms with van der Waals surface area (Å²) in [6, 6.07) is 12.9. The first-order valence-corrected chi connectivity index (χ1v) is 9.75.